The van der Waals surface area contributed by atoms with Gasteiger partial charge in [-0.2, -0.15) is 0 Å². The zero-order valence-corrected chi connectivity index (χ0v) is 10.7. The Morgan fingerprint density at radius 3 is 2.18 bits per heavy atom. The molecule has 0 aliphatic rings. The van der Waals surface area contributed by atoms with Crippen LogP contribution < -0.4 is 5.32 Å². The summed E-state index contributed by atoms with van der Waals surface area (Å²) in [5.74, 6) is 0. The van der Waals surface area contributed by atoms with Crippen LogP contribution in [0.5, 0.6) is 0 Å². The maximum absolute atomic E-state index is 9.28. The molecule has 0 radical (unpaired) electrons. The Balaban J connectivity index is 2.40. The van der Waals surface area contributed by atoms with Crippen molar-refractivity contribution in [1.29, 1.82) is 0 Å². The van der Waals surface area contributed by atoms with Crippen LogP contribution in [0.25, 0.3) is 0 Å². The molecule has 17 heavy (non-hydrogen) atoms. The van der Waals surface area contributed by atoms with Gasteiger partial charge in [0.1, 0.15) is 0 Å². The van der Waals surface area contributed by atoms with Crippen molar-refractivity contribution in [1.82, 2.24) is 5.32 Å². The van der Waals surface area contributed by atoms with E-state index in [4.69, 9.17) is 5.11 Å². The minimum Gasteiger partial charge on any atom is -0.396 e. The lowest BCUT2D eigenvalue weighted by Crippen LogP contribution is -2.34. The molecule has 1 aromatic carbocycles. The standard InChI is InChI=1S/C14H23NO2/c1-3-14(2,11-17)10-15-8-12-4-6-13(9-16)7-5-12/h4-7,15-17H,3,8-11H2,1-2H3. The molecule has 0 saturated heterocycles. The van der Waals surface area contributed by atoms with Crippen molar-refractivity contribution in [3.05, 3.63) is 35.4 Å². The molecule has 0 spiro atoms. The van der Waals surface area contributed by atoms with Crippen LogP contribution in [-0.2, 0) is 13.2 Å². The first-order valence-electron chi connectivity index (χ1n) is 6.14. The van der Waals surface area contributed by atoms with Crippen LogP contribution in [0.3, 0.4) is 0 Å². The highest BCUT2D eigenvalue weighted by atomic mass is 16.3. The maximum Gasteiger partial charge on any atom is 0.0681 e. The molecule has 0 aliphatic heterocycles. The molecule has 3 heteroatoms. The third-order valence-corrected chi connectivity index (χ3v) is 3.32. The van der Waals surface area contributed by atoms with Gasteiger partial charge >= 0.3 is 0 Å². The molecule has 3 nitrogen and oxygen atoms in total. The monoisotopic (exact) mass is 237 g/mol. The summed E-state index contributed by atoms with van der Waals surface area (Å²) in [7, 11) is 0. The molecule has 0 aromatic heterocycles. The first kappa shape index (κ1) is 14.2. The second-order valence-electron chi connectivity index (χ2n) is 4.90. The van der Waals surface area contributed by atoms with Gasteiger partial charge in [-0.1, -0.05) is 38.1 Å². The van der Waals surface area contributed by atoms with E-state index in [-0.39, 0.29) is 18.6 Å². The van der Waals surface area contributed by atoms with Gasteiger partial charge in [0.2, 0.25) is 0 Å². The average molecular weight is 237 g/mol. The van der Waals surface area contributed by atoms with Crippen molar-refractivity contribution in [3.63, 3.8) is 0 Å². The third kappa shape index (κ3) is 4.46. The van der Waals surface area contributed by atoms with Gasteiger partial charge in [0.05, 0.1) is 6.61 Å². The summed E-state index contributed by atoms with van der Waals surface area (Å²) in [6.07, 6.45) is 0.958. The van der Waals surface area contributed by atoms with Crippen molar-refractivity contribution >= 4 is 0 Å². The summed E-state index contributed by atoms with van der Waals surface area (Å²) in [5, 5.41) is 21.6. The van der Waals surface area contributed by atoms with E-state index in [9.17, 15) is 5.11 Å². The lowest BCUT2D eigenvalue weighted by Gasteiger charge is -2.25. The van der Waals surface area contributed by atoms with Gasteiger partial charge < -0.3 is 15.5 Å². The van der Waals surface area contributed by atoms with Crippen molar-refractivity contribution < 1.29 is 10.2 Å². The van der Waals surface area contributed by atoms with Crippen LogP contribution in [0.15, 0.2) is 24.3 Å². The van der Waals surface area contributed by atoms with Crippen LogP contribution in [0.2, 0.25) is 0 Å². The molecule has 0 saturated carbocycles. The number of hydrogen-bond acceptors (Lipinski definition) is 3. The second kappa shape index (κ2) is 6.74. The fourth-order valence-corrected chi connectivity index (χ4v) is 1.56. The Morgan fingerprint density at radius 1 is 1.12 bits per heavy atom. The fourth-order valence-electron chi connectivity index (χ4n) is 1.56. The largest absolute Gasteiger partial charge is 0.396 e. The average Bonchev–Trinajstić information content (AvgIpc) is 2.39. The quantitative estimate of drug-likeness (QED) is 0.676. The molecule has 1 aromatic rings. The summed E-state index contributed by atoms with van der Waals surface area (Å²) < 4.78 is 0. The molecule has 1 rings (SSSR count). The molecule has 0 heterocycles. The Morgan fingerprint density at radius 2 is 1.71 bits per heavy atom. The highest BCUT2D eigenvalue weighted by Gasteiger charge is 2.19. The van der Waals surface area contributed by atoms with E-state index in [0.717, 1.165) is 25.1 Å². The van der Waals surface area contributed by atoms with Gasteiger partial charge in [-0.05, 0) is 17.5 Å². The summed E-state index contributed by atoms with van der Waals surface area (Å²) >= 11 is 0. The molecular formula is C14H23NO2. The minimum absolute atomic E-state index is 0.0367. The Kier molecular flexibility index (Phi) is 5.62. The van der Waals surface area contributed by atoms with Crippen LogP contribution in [0, 0.1) is 5.41 Å². The van der Waals surface area contributed by atoms with Crippen LogP contribution in [-0.4, -0.2) is 23.4 Å². The van der Waals surface area contributed by atoms with Crippen LogP contribution in [0.1, 0.15) is 31.4 Å². The number of aliphatic hydroxyl groups excluding tert-OH is 2. The summed E-state index contributed by atoms with van der Waals surface area (Å²) in [6, 6.07) is 7.89. The molecule has 1 atom stereocenters. The van der Waals surface area contributed by atoms with Gasteiger partial charge in [-0.15, -0.1) is 0 Å². The maximum atomic E-state index is 9.28. The molecule has 0 aliphatic carbocycles. The molecule has 96 valence electrons. The number of rotatable bonds is 7. The molecular weight excluding hydrogens is 214 g/mol. The summed E-state index contributed by atoms with van der Waals surface area (Å²) in [4.78, 5) is 0. The Bertz CT molecular complexity index is 317. The van der Waals surface area contributed by atoms with Crippen molar-refractivity contribution in [3.8, 4) is 0 Å². The highest BCUT2D eigenvalue weighted by molar-refractivity contribution is 5.21. The van der Waals surface area contributed by atoms with Gasteiger partial charge in [0, 0.05) is 25.1 Å². The van der Waals surface area contributed by atoms with Gasteiger partial charge in [-0.3, -0.25) is 0 Å². The summed E-state index contributed by atoms with van der Waals surface area (Å²) in [6.45, 7) is 6.07. The number of nitrogens with one attached hydrogen (secondary N) is 1. The molecule has 1 unspecified atom stereocenters. The van der Waals surface area contributed by atoms with E-state index < -0.39 is 0 Å². The zero-order valence-electron chi connectivity index (χ0n) is 10.7. The smallest absolute Gasteiger partial charge is 0.0681 e. The predicted octanol–water partition coefficient (Wildman–Crippen LogP) is 1.68. The predicted molar refractivity (Wildman–Crippen MR) is 69.6 cm³/mol. The first-order valence-corrected chi connectivity index (χ1v) is 6.14. The van der Waals surface area contributed by atoms with Gasteiger partial charge in [0.25, 0.3) is 0 Å². The molecule has 0 amide bonds. The van der Waals surface area contributed by atoms with Gasteiger partial charge in [-0.25, -0.2) is 0 Å². The number of benzene rings is 1. The summed E-state index contributed by atoms with van der Waals surface area (Å²) in [5.41, 5.74) is 2.09. The molecule has 0 fully saturated rings. The van der Waals surface area contributed by atoms with E-state index >= 15 is 0 Å². The van der Waals surface area contributed by atoms with Crippen molar-refractivity contribution in [2.45, 2.75) is 33.4 Å². The third-order valence-electron chi connectivity index (χ3n) is 3.32. The topological polar surface area (TPSA) is 52.5 Å². The van der Waals surface area contributed by atoms with Crippen molar-refractivity contribution in [2.24, 2.45) is 5.41 Å². The first-order chi connectivity index (χ1) is 8.13. The molecule has 0 bridgehead atoms. The fraction of sp³-hybridized carbons (Fsp3) is 0.571. The minimum atomic E-state index is -0.0367. The lowest BCUT2D eigenvalue weighted by molar-refractivity contribution is 0.135. The molecule has 3 N–H and O–H groups in total. The van der Waals surface area contributed by atoms with Crippen LogP contribution in [0.4, 0.5) is 0 Å². The van der Waals surface area contributed by atoms with Crippen LogP contribution >= 0.6 is 0 Å². The Labute approximate surface area is 103 Å². The van der Waals surface area contributed by atoms with E-state index in [0.29, 0.717) is 0 Å². The number of hydrogen-bond donors (Lipinski definition) is 3. The number of aliphatic hydroxyl groups is 2. The zero-order chi connectivity index (χ0) is 12.7. The lowest BCUT2D eigenvalue weighted by atomic mass is 9.88. The van der Waals surface area contributed by atoms with Crippen molar-refractivity contribution in [2.75, 3.05) is 13.2 Å². The second-order valence-corrected chi connectivity index (χ2v) is 4.90. The van der Waals surface area contributed by atoms with E-state index in [1.165, 1.54) is 5.56 Å². The normalized spacial score (nSPS) is 14.6. The van der Waals surface area contributed by atoms with E-state index in [1.807, 2.05) is 24.3 Å². The van der Waals surface area contributed by atoms with E-state index in [2.05, 4.69) is 19.2 Å². The Hall–Kier alpha value is -0.900. The van der Waals surface area contributed by atoms with E-state index in [1.54, 1.807) is 0 Å². The SMILES string of the molecule is CCC(C)(CO)CNCc1ccc(CO)cc1. The van der Waals surface area contributed by atoms with Gasteiger partial charge in [0.15, 0.2) is 0 Å². The highest BCUT2D eigenvalue weighted by Crippen LogP contribution is 2.18.